The van der Waals surface area contributed by atoms with Gasteiger partial charge in [-0.15, -0.1) is 11.3 Å². The zero-order valence-electron chi connectivity index (χ0n) is 13.6. The van der Waals surface area contributed by atoms with Crippen molar-refractivity contribution in [3.05, 3.63) is 16.1 Å². The second kappa shape index (κ2) is 6.19. The van der Waals surface area contributed by atoms with Crippen LogP contribution in [0, 0.1) is 6.92 Å². The molecule has 3 aliphatic heterocycles. The van der Waals surface area contributed by atoms with Gasteiger partial charge in [-0.25, -0.2) is 4.98 Å². The maximum Gasteiger partial charge on any atom is 0.107 e. The van der Waals surface area contributed by atoms with Gasteiger partial charge in [-0.1, -0.05) is 0 Å². The maximum atomic E-state index is 6.30. The molecule has 1 spiro atoms. The maximum absolute atomic E-state index is 6.30. The minimum atomic E-state index is 0.123. The van der Waals surface area contributed by atoms with Crippen molar-refractivity contribution in [1.82, 2.24) is 14.8 Å². The third-order valence-electron chi connectivity index (χ3n) is 5.54. The van der Waals surface area contributed by atoms with Crippen molar-refractivity contribution in [2.75, 3.05) is 32.8 Å². The molecule has 3 fully saturated rings. The fourth-order valence-electron chi connectivity index (χ4n) is 4.43. The Labute approximate surface area is 137 Å². The SMILES string of the molecule is Cc1csc(CN2CC[C@@]3(C[C@H](N4CCCC4)CCO3)C2)n1. The van der Waals surface area contributed by atoms with Crippen LogP contribution < -0.4 is 0 Å². The molecule has 22 heavy (non-hydrogen) atoms. The molecule has 4 nitrogen and oxygen atoms in total. The number of thiazole rings is 1. The van der Waals surface area contributed by atoms with E-state index in [0.717, 1.165) is 38.0 Å². The van der Waals surface area contributed by atoms with Gasteiger partial charge in [0.15, 0.2) is 0 Å². The summed E-state index contributed by atoms with van der Waals surface area (Å²) in [5, 5.41) is 3.41. The Balaban J connectivity index is 1.37. The molecule has 4 heterocycles. The monoisotopic (exact) mass is 321 g/mol. The normalized spacial score (nSPS) is 34.0. The molecule has 0 unspecified atom stereocenters. The molecule has 122 valence electrons. The molecular weight excluding hydrogens is 294 g/mol. The first-order valence-electron chi connectivity index (χ1n) is 8.74. The zero-order valence-corrected chi connectivity index (χ0v) is 14.4. The van der Waals surface area contributed by atoms with E-state index < -0.39 is 0 Å². The zero-order chi connectivity index (χ0) is 15.0. The van der Waals surface area contributed by atoms with Gasteiger partial charge in [0.25, 0.3) is 0 Å². The van der Waals surface area contributed by atoms with E-state index in [9.17, 15) is 0 Å². The largest absolute Gasteiger partial charge is 0.373 e. The number of nitrogens with zero attached hydrogens (tertiary/aromatic N) is 3. The fourth-order valence-corrected chi connectivity index (χ4v) is 5.25. The molecule has 2 atom stereocenters. The molecule has 3 aliphatic rings. The number of hydrogen-bond donors (Lipinski definition) is 0. The summed E-state index contributed by atoms with van der Waals surface area (Å²) in [4.78, 5) is 9.88. The summed E-state index contributed by atoms with van der Waals surface area (Å²) in [5.74, 6) is 0. The van der Waals surface area contributed by atoms with Crippen LogP contribution >= 0.6 is 11.3 Å². The van der Waals surface area contributed by atoms with E-state index in [2.05, 4.69) is 27.1 Å². The summed E-state index contributed by atoms with van der Waals surface area (Å²) in [6, 6.07) is 0.762. The van der Waals surface area contributed by atoms with E-state index in [-0.39, 0.29) is 5.60 Å². The van der Waals surface area contributed by atoms with E-state index in [4.69, 9.17) is 4.74 Å². The van der Waals surface area contributed by atoms with E-state index in [1.165, 1.54) is 50.2 Å². The summed E-state index contributed by atoms with van der Waals surface area (Å²) in [6.45, 7) is 8.90. The highest BCUT2D eigenvalue weighted by atomic mass is 32.1. The minimum Gasteiger partial charge on any atom is -0.373 e. The molecule has 0 N–H and O–H groups in total. The van der Waals surface area contributed by atoms with Crippen molar-refractivity contribution >= 4 is 11.3 Å². The van der Waals surface area contributed by atoms with E-state index >= 15 is 0 Å². The molecule has 0 aromatic carbocycles. The lowest BCUT2D eigenvalue weighted by molar-refractivity contribution is -0.0961. The lowest BCUT2D eigenvalue weighted by atomic mass is 9.89. The van der Waals surface area contributed by atoms with Gasteiger partial charge in [0.1, 0.15) is 5.01 Å². The number of hydrogen-bond acceptors (Lipinski definition) is 5. The average Bonchev–Trinajstić information content (AvgIpc) is 3.23. The van der Waals surface area contributed by atoms with Crippen LogP contribution in [0.15, 0.2) is 5.38 Å². The number of rotatable bonds is 3. The Morgan fingerprint density at radius 2 is 2.23 bits per heavy atom. The van der Waals surface area contributed by atoms with Crippen LogP contribution in [-0.4, -0.2) is 59.2 Å². The van der Waals surface area contributed by atoms with Crippen molar-refractivity contribution in [3.63, 3.8) is 0 Å². The van der Waals surface area contributed by atoms with E-state index in [0.29, 0.717) is 0 Å². The Kier molecular flexibility index (Phi) is 4.24. The van der Waals surface area contributed by atoms with Gasteiger partial charge in [-0.2, -0.15) is 0 Å². The highest BCUT2D eigenvalue weighted by Crippen LogP contribution is 2.37. The van der Waals surface area contributed by atoms with Crippen molar-refractivity contribution in [3.8, 4) is 0 Å². The smallest absolute Gasteiger partial charge is 0.107 e. The average molecular weight is 321 g/mol. The summed E-state index contributed by atoms with van der Waals surface area (Å²) in [6.07, 6.45) is 6.44. The number of ether oxygens (including phenoxy) is 1. The molecular formula is C17H27N3OS. The van der Waals surface area contributed by atoms with Gasteiger partial charge in [-0.3, -0.25) is 4.90 Å². The summed E-state index contributed by atoms with van der Waals surface area (Å²) in [7, 11) is 0. The molecule has 3 saturated heterocycles. The second-order valence-corrected chi connectivity index (χ2v) is 8.21. The quantitative estimate of drug-likeness (QED) is 0.856. The standard InChI is InChI=1S/C17H27N3OS/c1-14-12-22-16(18-14)11-19-8-5-17(13-19)10-15(4-9-21-17)20-6-2-3-7-20/h12,15H,2-11,13H2,1H3/t15-,17-/m1/s1. The van der Waals surface area contributed by atoms with Crippen LogP contribution in [0.3, 0.4) is 0 Å². The second-order valence-electron chi connectivity index (χ2n) is 7.26. The van der Waals surface area contributed by atoms with E-state index in [1.807, 2.05) is 0 Å². The Bertz CT molecular complexity index is 514. The van der Waals surface area contributed by atoms with Crippen molar-refractivity contribution in [2.45, 2.75) is 57.2 Å². The molecule has 5 heteroatoms. The highest BCUT2D eigenvalue weighted by Gasteiger charge is 2.44. The first-order valence-corrected chi connectivity index (χ1v) is 9.62. The van der Waals surface area contributed by atoms with Gasteiger partial charge < -0.3 is 9.64 Å². The molecule has 0 radical (unpaired) electrons. The number of aromatic nitrogens is 1. The molecule has 0 bridgehead atoms. The fraction of sp³-hybridized carbons (Fsp3) is 0.824. The lowest BCUT2D eigenvalue weighted by Crippen LogP contribution is -2.49. The minimum absolute atomic E-state index is 0.123. The van der Waals surface area contributed by atoms with Crippen LogP contribution in [0.4, 0.5) is 0 Å². The van der Waals surface area contributed by atoms with Crippen LogP contribution in [-0.2, 0) is 11.3 Å². The van der Waals surface area contributed by atoms with Gasteiger partial charge in [-0.05, 0) is 52.1 Å². The molecule has 0 saturated carbocycles. The van der Waals surface area contributed by atoms with E-state index in [1.54, 1.807) is 11.3 Å². The van der Waals surface area contributed by atoms with Crippen molar-refractivity contribution < 1.29 is 4.74 Å². The van der Waals surface area contributed by atoms with Gasteiger partial charge >= 0.3 is 0 Å². The van der Waals surface area contributed by atoms with Crippen LogP contribution in [0.2, 0.25) is 0 Å². The van der Waals surface area contributed by atoms with Gasteiger partial charge in [0.05, 0.1) is 12.1 Å². The summed E-state index contributed by atoms with van der Waals surface area (Å²) in [5.41, 5.74) is 1.27. The third-order valence-corrected chi connectivity index (χ3v) is 6.50. The molecule has 4 rings (SSSR count). The summed E-state index contributed by atoms with van der Waals surface area (Å²) >= 11 is 1.79. The Morgan fingerprint density at radius 3 is 3.00 bits per heavy atom. The molecule has 1 aromatic heterocycles. The van der Waals surface area contributed by atoms with Crippen LogP contribution in [0.1, 0.15) is 42.8 Å². The highest BCUT2D eigenvalue weighted by molar-refractivity contribution is 7.09. The topological polar surface area (TPSA) is 28.6 Å². The lowest BCUT2D eigenvalue weighted by Gasteiger charge is -2.41. The number of aryl methyl sites for hydroxylation is 1. The predicted octanol–water partition coefficient (Wildman–Crippen LogP) is 2.67. The van der Waals surface area contributed by atoms with Gasteiger partial charge in [0, 0.05) is 36.8 Å². The first-order chi connectivity index (χ1) is 10.7. The molecule has 0 amide bonds. The summed E-state index contributed by atoms with van der Waals surface area (Å²) < 4.78 is 6.30. The Hall–Kier alpha value is -0.490. The Morgan fingerprint density at radius 1 is 1.36 bits per heavy atom. The van der Waals surface area contributed by atoms with Crippen LogP contribution in [0.25, 0.3) is 0 Å². The predicted molar refractivity (Wildman–Crippen MR) is 89.3 cm³/mol. The van der Waals surface area contributed by atoms with Crippen molar-refractivity contribution in [2.24, 2.45) is 0 Å². The molecule has 0 aliphatic carbocycles. The third kappa shape index (κ3) is 3.09. The number of likely N-dealkylation sites (tertiary alicyclic amines) is 2. The van der Waals surface area contributed by atoms with Gasteiger partial charge in [0.2, 0.25) is 0 Å². The van der Waals surface area contributed by atoms with Crippen molar-refractivity contribution in [1.29, 1.82) is 0 Å². The van der Waals surface area contributed by atoms with Crippen LogP contribution in [0.5, 0.6) is 0 Å². The molecule has 1 aromatic rings. The first kappa shape index (κ1) is 15.1.